The first-order valence-corrected chi connectivity index (χ1v) is 6.87. The van der Waals surface area contributed by atoms with Gasteiger partial charge in [0, 0.05) is 43.0 Å². The van der Waals surface area contributed by atoms with E-state index >= 15 is 0 Å². The highest BCUT2D eigenvalue weighted by atomic mass is 32.1. The number of nitrogens with zero attached hydrogens (tertiary/aromatic N) is 1. The van der Waals surface area contributed by atoms with Crippen LogP contribution in [0.2, 0.25) is 0 Å². The summed E-state index contributed by atoms with van der Waals surface area (Å²) in [6, 6.07) is 0.432. The van der Waals surface area contributed by atoms with Gasteiger partial charge in [0.2, 0.25) is 5.91 Å². The van der Waals surface area contributed by atoms with E-state index in [-0.39, 0.29) is 5.91 Å². The van der Waals surface area contributed by atoms with Gasteiger partial charge in [-0.25, -0.2) is 4.98 Å². The normalized spacial score (nSPS) is 10.8. The fourth-order valence-corrected chi connectivity index (χ4v) is 2.17. The zero-order chi connectivity index (χ0) is 12.7. The molecule has 0 radical (unpaired) electrons. The molecule has 0 aliphatic carbocycles. The molecule has 1 amide bonds. The predicted octanol–water partition coefficient (Wildman–Crippen LogP) is 1.50. The van der Waals surface area contributed by atoms with Crippen LogP contribution in [0.1, 0.15) is 31.0 Å². The topological polar surface area (TPSA) is 54.0 Å². The van der Waals surface area contributed by atoms with Gasteiger partial charge in [0.25, 0.3) is 0 Å². The van der Waals surface area contributed by atoms with Gasteiger partial charge < -0.3 is 10.6 Å². The number of hydrogen-bond acceptors (Lipinski definition) is 4. The minimum atomic E-state index is 0.103. The van der Waals surface area contributed by atoms with Gasteiger partial charge in [-0.2, -0.15) is 0 Å². The van der Waals surface area contributed by atoms with Gasteiger partial charge in [0.15, 0.2) is 0 Å². The summed E-state index contributed by atoms with van der Waals surface area (Å²) >= 11 is 1.65. The molecule has 1 heterocycles. The Labute approximate surface area is 107 Å². The van der Waals surface area contributed by atoms with E-state index in [0.717, 1.165) is 23.7 Å². The van der Waals surface area contributed by atoms with E-state index in [4.69, 9.17) is 0 Å². The number of thiazole rings is 1. The number of nitrogens with one attached hydrogen (secondary N) is 2. The molecule has 96 valence electrons. The molecule has 4 nitrogen and oxygen atoms in total. The molecule has 0 bridgehead atoms. The lowest BCUT2D eigenvalue weighted by Crippen LogP contribution is -2.31. The number of rotatable bonds is 7. The van der Waals surface area contributed by atoms with Gasteiger partial charge >= 0.3 is 0 Å². The Morgan fingerprint density at radius 3 is 2.82 bits per heavy atom. The number of carbonyl (C=O) groups is 1. The van der Waals surface area contributed by atoms with Crippen LogP contribution in [0.4, 0.5) is 0 Å². The van der Waals surface area contributed by atoms with Crippen molar-refractivity contribution in [2.24, 2.45) is 0 Å². The summed E-state index contributed by atoms with van der Waals surface area (Å²) in [4.78, 5) is 15.8. The van der Waals surface area contributed by atoms with Crippen molar-refractivity contribution in [2.45, 2.75) is 39.7 Å². The Kier molecular flexibility index (Phi) is 6.15. The second kappa shape index (κ2) is 7.40. The fourth-order valence-electron chi connectivity index (χ4n) is 1.39. The summed E-state index contributed by atoms with van der Waals surface area (Å²) in [5, 5.41) is 9.24. The van der Waals surface area contributed by atoms with Crippen molar-refractivity contribution in [2.75, 3.05) is 13.1 Å². The van der Waals surface area contributed by atoms with E-state index < -0.39 is 0 Å². The molecular weight excluding hydrogens is 234 g/mol. The molecule has 17 heavy (non-hydrogen) atoms. The van der Waals surface area contributed by atoms with Crippen LogP contribution in [-0.4, -0.2) is 30.0 Å². The molecule has 0 unspecified atom stereocenters. The number of carbonyl (C=O) groups excluding carboxylic acids is 1. The number of aryl methyl sites for hydroxylation is 1. The molecule has 1 aromatic rings. The SMILES string of the molecule is Cc1csc(CCNC(=O)CCNC(C)C)n1. The lowest BCUT2D eigenvalue weighted by Gasteiger charge is -2.07. The minimum Gasteiger partial charge on any atom is -0.356 e. The van der Waals surface area contributed by atoms with Crippen LogP contribution in [0.3, 0.4) is 0 Å². The fraction of sp³-hybridized carbons (Fsp3) is 0.667. The van der Waals surface area contributed by atoms with Crippen LogP contribution in [0, 0.1) is 6.92 Å². The van der Waals surface area contributed by atoms with Crippen molar-refractivity contribution >= 4 is 17.2 Å². The minimum absolute atomic E-state index is 0.103. The highest BCUT2D eigenvalue weighted by Gasteiger charge is 2.02. The predicted molar refractivity (Wildman–Crippen MR) is 71.3 cm³/mol. The van der Waals surface area contributed by atoms with Crippen molar-refractivity contribution < 1.29 is 4.79 Å². The standard InChI is InChI=1S/C12H21N3OS/c1-9(2)13-6-4-11(16)14-7-5-12-15-10(3)8-17-12/h8-9,13H,4-7H2,1-3H3,(H,14,16). The maximum Gasteiger partial charge on any atom is 0.221 e. The Hall–Kier alpha value is -0.940. The summed E-state index contributed by atoms with van der Waals surface area (Å²) in [6.45, 7) is 7.54. The largest absolute Gasteiger partial charge is 0.356 e. The van der Waals surface area contributed by atoms with Crippen molar-refractivity contribution in [3.63, 3.8) is 0 Å². The van der Waals surface area contributed by atoms with Crippen LogP contribution >= 0.6 is 11.3 Å². The van der Waals surface area contributed by atoms with Crippen LogP contribution in [0.5, 0.6) is 0 Å². The summed E-state index contributed by atoms with van der Waals surface area (Å²) in [7, 11) is 0. The highest BCUT2D eigenvalue weighted by molar-refractivity contribution is 7.09. The molecule has 0 aliphatic heterocycles. The van der Waals surface area contributed by atoms with E-state index in [1.807, 2.05) is 12.3 Å². The zero-order valence-corrected chi connectivity index (χ0v) is 11.6. The van der Waals surface area contributed by atoms with Crippen LogP contribution in [-0.2, 0) is 11.2 Å². The summed E-state index contributed by atoms with van der Waals surface area (Å²) in [6.07, 6.45) is 1.36. The monoisotopic (exact) mass is 255 g/mol. The van der Waals surface area contributed by atoms with Gasteiger partial charge in [-0.3, -0.25) is 4.79 Å². The molecule has 0 spiro atoms. The van der Waals surface area contributed by atoms with E-state index in [0.29, 0.717) is 19.0 Å². The molecule has 1 rings (SSSR count). The molecular formula is C12H21N3OS. The average Bonchev–Trinajstić information content (AvgIpc) is 2.63. The average molecular weight is 255 g/mol. The second-order valence-corrected chi connectivity index (χ2v) is 5.28. The summed E-state index contributed by atoms with van der Waals surface area (Å²) < 4.78 is 0. The molecule has 0 aliphatic rings. The molecule has 0 atom stereocenters. The van der Waals surface area contributed by atoms with E-state index in [1.54, 1.807) is 11.3 Å². The molecule has 0 saturated heterocycles. The Balaban J connectivity index is 2.08. The van der Waals surface area contributed by atoms with E-state index in [1.165, 1.54) is 0 Å². The molecule has 1 aromatic heterocycles. The number of amides is 1. The molecule has 5 heteroatoms. The zero-order valence-electron chi connectivity index (χ0n) is 10.7. The highest BCUT2D eigenvalue weighted by Crippen LogP contribution is 2.08. The van der Waals surface area contributed by atoms with Crippen molar-refractivity contribution in [1.29, 1.82) is 0 Å². The van der Waals surface area contributed by atoms with Gasteiger partial charge in [-0.15, -0.1) is 11.3 Å². The van der Waals surface area contributed by atoms with E-state index in [9.17, 15) is 4.79 Å². The Bertz CT molecular complexity index is 349. The van der Waals surface area contributed by atoms with Crippen LogP contribution < -0.4 is 10.6 Å². The maximum absolute atomic E-state index is 11.5. The number of hydrogen-bond donors (Lipinski definition) is 2. The first kappa shape index (κ1) is 14.1. The summed E-state index contributed by atoms with van der Waals surface area (Å²) in [5.41, 5.74) is 1.05. The summed E-state index contributed by atoms with van der Waals surface area (Å²) in [5.74, 6) is 0.103. The first-order chi connectivity index (χ1) is 8.08. The third kappa shape index (κ3) is 6.38. The van der Waals surface area contributed by atoms with Gasteiger partial charge in [0.05, 0.1) is 5.01 Å². The van der Waals surface area contributed by atoms with Crippen molar-refractivity contribution in [3.8, 4) is 0 Å². The maximum atomic E-state index is 11.5. The number of aromatic nitrogens is 1. The third-order valence-corrected chi connectivity index (χ3v) is 3.26. The van der Waals surface area contributed by atoms with Crippen molar-refractivity contribution in [1.82, 2.24) is 15.6 Å². The Morgan fingerprint density at radius 2 is 2.24 bits per heavy atom. The lowest BCUT2D eigenvalue weighted by atomic mass is 10.3. The van der Waals surface area contributed by atoms with Crippen LogP contribution in [0.15, 0.2) is 5.38 Å². The van der Waals surface area contributed by atoms with Gasteiger partial charge in [-0.1, -0.05) is 13.8 Å². The molecule has 0 fully saturated rings. The van der Waals surface area contributed by atoms with Crippen LogP contribution in [0.25, 0.3) is 0 Å². The third-order valence-electron chi connectivity index (χ3n) is 2.23. The quantitative estimate of drug-likeness (QED) is 0.776. The lowest BCUT2D eigenvalue weighted by molar-refractivity contribution is -0.120. The molecule has 2 N–H and O–H groups in total. The van der Waals surface area contributed by atoms with Gasteiger partial charge in [0.1, 0.15) is 0 Å². The second-order valence-electron chi connectivity index (χ2n) is 4.34. The molecule has 0 aromatic carbocycles. The smallest absolute Gasteiger partial charge is 0.221 e. The van der Waals surface area contributed by atoms with Gasteiger partial charge in [-0.05, 0) is 6.92 Å². The van der Waals surface area contributed by atoms with E-state index in [2.05, 4.69) is 29.5 Å². The van der Waals surface area contributed by atoms with Crippen molar-refractivity contribution in [3.05, 3.63) is 16.1 Å². The Morgan fingerprint density at radius 1 is 1.47 bits per heavy atom. The first-order valence-electron chi connectivity index (χ1n) is 5.99. The molecule has 0 saturated carbocycles.